The van der Waals surface area contributed by atoms with Gasteiger partial charge in [-0.25, -0.2) is 9.66 Å². The van der Waals surface area contributed by atoms with E-state index in [2.05, 4.69) is 42.6 Å². The standard InChI is InChI=1S/C34H36F3N9O/c1-22-5-6-25(33(47)42-27-9-7-26(30(16-27)34(35,36)37)20-45-13-11-43(3)12-14-45)15-24(22)8-10-29-19-38-32-31(23(2)17-40-46(29)32)41-28-18-39-44(4)21-28/h5-7,9,15-19,21,23,31,41H,11-14,20H2,1-4H3,(H,42,47). The number of piperazine rings is 1. The number of likely N-dealkylation sites (N-methyl/N-ethyl adjacent to an activating group) is 1. The molecule has 47 heavy (non-hydrogen) atoms. The number of fused-ring (bicyclic) bond motifs is 1. The minimum atomic E-state index is -4.56. The Kier molecular flexibility index (Phi) is 8.90. The fourth-order valence-electron chi connectivity index (χ4n) is 5.68. The molecule has 2 aromatic heterocycles. The van der Waals surface area contributed by atoms with Gasteiger partial charge in [0.15, 0.2) is 5.82 Å². The predicted molar refractivity (Wildman–Crippen MR) is 174 cm³/mol. The lowest BCUT2D eigenvalue weighted by Crippen LogP contribution is -2.44. The van der Waals surface area contributed by atoms with E-state index in [1.165, 1.54) is 12.1 Å². The smallest absolute Gasteiger partial charge is 0.372 e. The fraction of sp³-hybridized carbons (Fsp3) is 0.353. The zero-order chi connectivity index (χ0) is 33.3. The molecule has 0 bridgehead atoms. The highest BCUT2D eigenvalue weighted by molar-refractivity contribution is 6.04. The maximum Gasteiger partial charge on any atom is 0.416 e. The third-order valence-corrected chi connectivity index (χ3v) is 8.50. The molecular weight excluding hydrogens is 607 g/mol. The number of alkyl halides is 3. The van der Waals surface area contributed by atoms with Crippen LogP contribution in [-0.2, 0) is 19.8 Å². The Hall–Kier alpha value is -4.93. The molecule has 1 fully saturated rings. The fourth-order valence-corrected chi connectivity index (χ4v) is 5.68. The molecule has 10 nitrogen and oxygen atoms in total. The highest BCUT2D eigenvalue weighted by Crippen LogP contribution is 2.35. The zero-order valence-corrected chi connectivity index (χ0v) is 26.6. The van der Waals surface area contributed by atoms with E-state index >= 15 is 0 Å². The molecule has 13 heteroatoms. The molecule has 0 saturated carbocycles. The Bertz CT molecular complexity index is 1870. The summed E-state index contributed by atoms with van der Waals surface area (Å²) >= 11 is 0. The van der Waals surface area contributed by atoms with Crippen LogP contribution < -0.4 is 10.6 Å². The molecule has 0 radical (unpaired) electrons. The molecule has 2 atom stereocenters. The average molecular weight is 644 g/mol. The first-order valence-corrected chi connectivity index (χ1v) is 15.4. The predicted octanol–water partition coefficient (Wildman–Crippen LogP) is 4.98. The van der Waals surface area contributed by atoms with Gasteiger partial charge in [0.1, 0.15) is 5.69 Å². The molecule has 0 spiro atoms. The zero-order valence-electron chi connectivity index (χ0n) is 26.6. The maximum absolute atomic E-state index is 14.1. The van der Waals surface area contributed by atoms with Gasteiger partial charge in [-0.1, -0.05) is 25.0 Å². The minimum absolute atomic E-state index is 0.0729. The summed E-state index contributed by atoms with van der Waals surface area (Å²) in [5.74, 6) is 6.51. The number of nitrogens with zero attached hydrogens (tertiary/aromatic N) is 7. The molecule has 6 rings (SSSR count). The molecule has 2 aromatic carbocycles. The van der Waals surface area contributed by atoms with Gasteiger partial charge >= 0.3 is 6.18 Å². The summed E-state index contributed by atoms with van der Waals surface area (Å²) in [6, 6.07) is 8.87. The summed E-state index contributed by atoms with van der Waals surface area (Å²) in [4.78, 5) is 22.0. The SMILES string of the molecule is Cc1ccc(C(=O)Nc2ccc(CN3CCN(C)CC3)c(C(F)(F)F)c2)cc1C#Cc1cnc2n1N=CC(C)C2Nc1cnn(C)c1. The van der Waals surface area contributed by atoms with E-state index in [1.54, 1.807) is 40.0 Å². The van der Waals surface area contributed by atoms with Crippen LogP contribution in [0.4, 0.5) is 24.5 Å². The van der Waals surface area contributed by atoms with Crippen molar-refractivity contribution in [3.63, 3.8) is 0 Å². The summed E-state index contributed by atoms with van der Waals surface area (Å²) in [5, 5.41) is 14.9. The minimum Gasteiger partial charge on any atom is -0.372 e. The van der Waals surface area contributed by atoms with Crippen molar-refractivity contribution in [2.45, 2.75) is 32.6 Å². The molecule has 2 N–H and O–H groups in total. The molecule has 0 aliphatic carbocycles. The highest BCUT2D eigenvalue weighted by Gasteiger charge is 2.34. The molecule has 1 amide bonds. The second kappa shape index (κ2) is 13.1. The molecule has 4 heterocycles. The van der Waals surface area contributed by atoms with E-state index in [0.29, 0.717) is 30.2 Å². The first-order valence-electron chi connectivity index (χ1n) is 15.4. The first-order chi connectivity index (χ1) is 22.4. The van der Waals surface area contributed by atoms with Crippen molar-refractivity contribution in [1.29, 1.82) is 0 Å². The monoisotopic (exact) mass is 643 g/mol. The van der Waals surface area contributed by atoms with Gasteiger partial charge in [0.05, 0.1) is 29.7 Å². The van der Waals surface area contributed by atoms with E-state index in [0.717, 1.165) is 30.4 Å². The van der Waals surface area contributed by atoms with Crippen molar-refractivity contribution in [3.8, 4) is 11.8 Å². The van der Waals surface area contributed by atoms with E-state index in [9.17, 15) is 18.0 Å². The molecule has 1 saturated heterocycles. The van der Waals surface area contributed by atoms with E-state index in [4.69, 9.17) is 0 Å². The van der Waals surface area contributed by atoms with Gasteiger partial charge in [0.25, 0.3) is 5.91 Å². The van der Waals surface area contributed by atoms with Gasteiger partial charge in [-0.2, -0.15) is 23.4 Å². The van der Waals surface area contributed by atoms with E-state index in [-0.39, 0.29) is 35.3 Å². The third kappa shape index (κ3) is 7.24. The van der Waals surface area contributed by atoms with Gasteiger partial charge in [0, 0.05) is 74.9 Å². The molecule has 2 aliphatic rings. The summed E-state index contributed by atoms with van der Waals surface area (Å²) in [7, 11) is 3.85. The summed E-state index contributed by atoms with van der Waals surface area (Å²) in [5.41, 5.74) is 2.67. The average Bonchev–Trinajstić information content (AvgIpc) is 3.64. The van der Waals surface area contributed by atoms with Crippen LogP contribution in [0.5, 0.6) is 0 Å². The van der Waals surface area contributed by atoms with Gasteiger partial charge in [0.2, 0.25) is 0 Å². The van der Waals surface area contributed by atoms with Gasteiger partial charge in [-0.3, -0.25) is 14.4 Å². The number of aryl methyl sites for hydroxylation is 2. The largest absolute Gasteiger partial charge is 0.416 e. The number of aromatic nitrogens is 4. The van der Waals surface area contributed by atoms with Crippen LogP contribution in [0.3, 0.4) is 0 Å². The van der Waals surface area contributed by atoms with Gasteiger partial charge in [-0.05, 0) is 55.3 Å². The topological polar surface area (TPSA) is 95.6 Å². The number of hydrogen-bond donors (Lipinski definition) is 2. The van der Waals surface area contributed by atoms with E-state index < -0.39 is 17.6 Å². The molecule has 4 aromatic rings. The second-order valence-corrected chi connectivity index (χ2v) is 12.1. The van der Waals surface area contributed by atoms with Crippen molar-refractivity contribution in [3.05, 3.63) is 94.3 Å². The Balaban J connectivity index is 1.19. The Labute approximate surface area is 271 Å². The Morgan fingerprint density at radius 3 is 2.53 bits per heavy atom. The maximum atomic E-state index is 14.1. The van der Waals surface area contributed by atoms with Crippen molar-refractivity contribution < 1.29 is 18.0 Å². The number of amides is 1. The van der Waals surface area contributed by atoms with Crippen LogP contribution in [0.2, 0.25) is 0 Å². The number of carbonyl (C=O) groups is 1. The van der Waals surface area contributed by atoms with Gasteiger partial charge in [-0.15, -0.1) is 0 Å². The lowest BCUT2D eigenvalue weighted by molar-refractivity contribution is -0.138. The van der Waals surface area contributed by atoms with Crippen LogP contribution in [-0.4, -0.2) is 74.6 Å². The highest BCUT2D eigenvalue weighted by atomic mass is 19.4. The Morgan fingerprint density at radius 1 is 1.02 bits per heavy atom. The lowest BCUT2D eigenvalue weighted by Gasteiger charge is -2.33. The van der Waals surface area contributed by atoms with Crippen molar-refractivity contribution >= 4 is 23.5 Å². The number of rotatable bonds is 6. The number of halogens is 3. The van der Waals surface area contributed by atoms with Crippen LogP contribution in [0.15, 0.2) is 60.1 Å². The summed E-state index contributed by atoms with van der Waals surface area (Å²) < 4.78 is 45.6. The van der Waals surface area contributed by atoms with Crippen molar-refractivity contribution in [2.75, 3.05) is 43.9 Å². The number of nitrogens with one attached hydrogen (secondary N) is 2. The van der Waals surface area contributed by atoms with Crippen LogP contribution in [0, 0.1) is 24.7 Å². The van der Waals surface area contributed by atoms with Gasteiger partial charge < -0.3 is 15.5 Å². The summed E-state index contributed by atoms with van der Waals surface area (Å²) in [6.45, 7) is 7.13. The van der Waals surface area contributed by atoms with Crippen molar-refractivity contribution in [2.24, 2.45) is 18.1 Å². The number of hydrogen-bond acceptors (Lipinski definition) is 7. The second-order valence-electron chi connectivity index (χ2n) is 12.1. The van der Waals surface area contributed by atoms with Crippen LogP contribution in [0.25, 0.3) is 0 Å². The number of benzene rings is 2. The molecular formula is C34H36F3N9O. The van der Waals surface area contributed by atoms with E-state index in [1.807, 2.05) is 45.3 Å². The van der Waals surface area contributed by atoms with Crippen LogP contribution in [0.1, 0.15) is 57.1 Å². The first kappa shape index (κ1) is 32.0. The number of imidazole rings is 1. The molecule has 244 valence electrons. The van der Waals surface area contributed by atoms with Crippen molar-refractivity contribution in [1.82, 2.24) is 29.2 Å². The third-order valence-electron chi connectivity index (χ3n) is 8.50. The number of anilines is 2. The number of carbonyl (C=O) groups excluding carboxylic acids is 1. The lowest BCUT2D eigenvalue weighted by atomic mass is 10.0. The summed E-state index contributed by atoms with van der Waals surface area (Å²) in [6.07, 6.45) is 2.58. The molecule has 2 aliphatic heterocycles. The normalized spacial score (nSPS) is 18.4. The van der Waals surface area contributed by atoms with Crippen LogP contribution >= 0.6 is 0 Å². The quantitative estimate of drug-likeness (QED) is 0.288. The Morgan fingerprint density at radius 2 is 1.81 bits per heavy atom. The molecule has 2 unspecified atom stereocenters.